The summed E-state index contributed by atoms with van der Waals surface area (Å²) in [4.78, 5) is 3.80. The molecule has 0 aliphatic carbocycles. The lowest BCUT2D eigenvalue weighted by Crippen LogP contribution is -2.21. The summed E-state index contributed by atoms with van der Waals surface area (Å²) >= 11 is 0. The summed E-state index contributed by atoms with van der Waals surface area (Å²) in [6, 6.07) is 7.94. The molecule has 2 nitrogen and oxygen atoms in total. The summed E-state index contributed by atoms with van der Waals surface area (Å²) < 4.78 is 13.8. The van der Waals surface area contributed by atoms with Crippen molar-refractivity contribution < 1.29 is 4.39 Å². The van der Waals surface area contributed by atoms with E-state index in [0.29, 0.717) is 5.56 Å². The summed E-state index contributed by atoms with van der Waals surface area (Å²) in [5.41, 5.74) is 4.43. The van der Waals surface area contributed by atoms with Crippen molar-refractivity contribution in [2.75, 3.05) is 7.05 Å². The van der Waals surface area contributed by atoms with Gasteiger partial charge in [0.25, 0.3) is 0 Å². The van der Waals surface area contributed by atoms with Crippen LogP contribution in [0.15, 0.2) is 36.7 Å². The van der Waals surface area contributed by atoms with E-state index in [4.69, 9.17) is 0 Å². The Labute approximate surface area is 113 Å². The highest BCUT2D eigenvalue weighted by Crippen LogP contribution is 2.24. The lowest BCUT2D eigenvalue weighted by atomic mass is 9.93. The predicted octanol–water partition coefficient (Wildman–Crippen LogP) is 3.34. The molecule has 1 unspecified atom stereocenters. The maximum atomic E-state index is 13.8. The van der Waals surface area contributed by atoms with Crippen LogP contribution in [0, 0.1) is 19.7 Å². The molecular weight excluding hydrogens is 239 g/mol. The van der Waals surface area contributed by atoms with Gasteiger partial charge in [-0.05, 0) is 50.1 Å². The third kappa shape index (κ3) is 2.99. The Hall–Kier alpha value is -1.74. The molecule has 0 saturated carbocycles. The molecule has 0 radical (unpaired) electrons. The zero-order chi connectivity index (χ0) is 13.8. The molecule has 100 valence electrons. The molecule has 0 bridgehead atoms. The summed E-state index contributed by atoms with van der Waals surface area (Å²) in [5.74, 6) is -0.256. The maximum Gasteiger partial charge on any atom is 0.146 e. The van der Waals surface area contributed by atoms with Gasteiger partial charge in [0.15, 0.2) is 0 Å². The van der Waals surface area contributed by atoms with E-state index in [-0.39, 0.29) is 11.9 Å². The number of rotatable bonds is 4. The normalized spacial score (nSPS) is 12.4. The minimum absolute atomic E-state index is 0.0391. The molecule has 1 atom stereocenters. The first-order valence-corrected chi connectivity index (χ1v) is 6.45. The van der Waals surface area contributed by atoms with Crippen LogP contribution in [0.1, 0.15) is 28.3 Å². The molecule has 0 spiro atoms. The molecule has 3 heteroatoms. The summed E-state index contributed by atoms with van der Waals surface area (Å²) in [7, 11) is 1.86. The van der Waals surface area contributed by atoms with Gasteiger partial charge in [-0.3, -0.25) is 4.98 Å². The number of aryl methyl sites for hydroxylation is 2. The summed E-state index contributed by atoms with van der Waals surface area (Å²) in [6.07, 6.45) is 3.67. The van der Waals surface area contributed by atoms with Crippen LogP contribution in [0.25, 0.3) is 0 Å². The van der Waals surface area contributed by atoms with Crippen LogP contribution in [0.2, 0.25) is 0 Å². The highest BCUT2D eigenvalue weighted by molar-refractivity contribution is 5.35. The van der Waals surface area contributed by atoms with Crippen molar-refractivity contribution in [2.24, 2.45) is 0 Å². The van der Waals surface area contributed by atoms with E-state index >= 15 is 0 Å². The molecule has 0 saturated heterocycles. The second-order valence-corrected chi connectivity index (χ2v) is 4.81. The number of nitrogens with zero attached hydrogens (tertiary/aromatic N) is 1. The molecule has 2 aromatic rings. The maximum absolute atomic E-state index is 13.8. The topological polar surface area (TPSA) is 24.9 Å². The molecule has 1 aromatic carbocycles. The minimum atomic E-state index is -0.256. The van der Waals surface area contributed by atoms with Gasteiger partial charge < -0.3 is 5.32 Å². The third-order valence-corrected chi connectivity index (χ3v) is 3.58. The number of hydrogen-bond donors (Lipinski definition) is 1. The van der Waals surface area contributed by atoms with E-state index in [9.17, 15) is 4.39 Å². The van der Waals surface area contributed by atoms with Gasteiger partial charge in [0.2, 0.25) is 0 Å². The Bertz CT molecular complexity index is 546. The lowest BCUT2D eigenvalue weighted by Gasteiger charge is -2.19. The molecule has 2 rings (SSSR count). The number of aromatic nitrogens is 1. The van der Waals surface area contributed by atoms with Gasteiger partial charge in [-0.25, -0.2) is 4.39 Å². The number of benzene rings is 1. The van der Waals surface area contributed by atoms with Crippen LogP contribution in [0.5, 0.6) is 0 Å². The quantitative estimate of drug-likeness (QED) is 0.909. The van der Waals surface area contributed by atoms with Crippen molar-refractivity contribution in [1.82, 2.24) is 10.3 Å². The van der Waals surface area contributed by atoms with E-state index in [2.05, 4.69) is 42.3 Å². The Morgan fingerprint density at radius 2 is 1.89 bits per heavy atom. The molecule has 0 amide bonds. The van der Waals surface area contributed by atoms with Crippen LogP contribution in [0.4, 0.5) is 4.39 Å². The molecule has 0 fully saturated rings. The fourth-order valence-electron chi connectivity index (χ4n) is 2.41. The zero-order valence-corrected chi connectivity index (χ0v) is 11.6. The Kier molecular flexibility index (Phi) is 4.27. The SMILES string of the molecule is CNC(Cc1c(C)cccc1C)c1ccncc1F. The smallest absolute Gasteiger partial charge is 0.146 e. The van der Waals surface area contributed by atoms with E-state index in [1.165, 1.54) is 22.9 Å². The van der Waals surface area contributed by atoms with Crippen molar-refractivity contribution in [2.45, 2.75) is 26.3 Å². The summed E-state index contributed by atoms with van der Waals surface area (Å²) in [5, 5.41) is 3.19. The Morgan fingerprint density at radius 1 is 1.21 bits per heavy atom. The first kappa shape index (κ1) is 13.7. The van der Waals surface area contributed by atoms with Crippen molar-refractivity contribution in [3.05, 3.63) is 64.7 Å². The van der Waals surface area contributed by atoms with E-state index < -0.39 is 0 Å². The molecule has 19 heavy (non-hydrogen) atoms. The largest absolute Gasteiger partial charge is 0.313 e. The number of likely N-dealkylation sites (N-methyl/N-ethyl adjacent to an activating group) is 1. The highest BCUT2D eigenvalue weighted by Gasteiger charge is 2.16. The van der Waals surface area contributed by atoms with E-state index in [1.54, 1.807) is 12.3 Å². The standard InChI is InChI=1S/C16H19FN2/c1-11-5-4-6-12(2)14(11)9-16(18-3)13-7-8-19-10-15(13)17/h4-8,10,16,18H,9H2,1-3H3. The lowest BCUT2D eigenvalue weighted by molar-refractivity contribution is 0.529. The van der Waals surface area contributed by atoms with Gasteiger partial charge >= 0.3 is 0 Å². The second-order valence-electron chi connectivity index (χ2n) is 4.81. The first-order chi connectivity index (χ1) is 9.13. The summed E-state index contributed by atoms with van der Waals surface area (Å²) in [6.45, 7) is 4.19. The fraction of sp³-hybridized carbons (Fsp3) is 0.312. The predicted molar refractivity (Wildman–Crippen MR) is 75.6 cm³/mol. The molecule has 1 N–H and O–H groups in total. The Morgan fingerprint density at radius 3 is 2.47 bits per heavy atom. The highest BCUT2D eigenvalue weighted by atomic mass is 19.1. The molecular formula is C16H19FN2. The van der Waals surface area contributed by atoms with Crippen molar-refractivity contribution >= 4 is 0 Å². The number of pyridine rings is 1. The van der Waals surface area contributed by atoms with E-state index in [1.807, 2.05) is 7.05 Å². The van der Waals surface area contributed by atoms with Gasteiger partial charge in [-0.1, -0.05) is 18.2 Å². The van der Waals surface area contributed by atoms with Crippen LogP contribution < -0.4 is 5.32 Å². The number of halogens is 1. The van der Waals surface area contributed by atoms with Crippen LogP contribution >= 0.6 is 0 Å². The third-order valence-electron chi connectivity index (χ3n) is 3.58. The average Bonchev–Trinajstić information content (AvgIpc) is 2.40. The molecule has 1 aromatic heterocycles. The number of hydrogen-bond acceptors (Lipinski definition) is 2. The van der Waals surface area contributed by atoms with Gasteiger partial charge in [-0.2, -0.15) is 0 Å². The average molecular weight is 258 g/mol. The molecule has 1 heterocycles. The molecule has 0 aliphatic rings. The van der Waals surface area contributed by atoms with Gasteiger partial charge in [0.05, 0.1) is 6.20 Å². The Balaban J connectivity index is 2.32. The minimum Gasteiger partial charge on any atom is -0.313 e. The fourth-order valence-corrected chi connectivity index (χ4v) is 2.41. The van der Waals surface area contributed by atoms with Crippen molar-refractivity contribution in [3.63, 3.8) is 0 Å². The van der Waals surface area contributed by atoms with Gasteiger partial charge in [0, 0.05) is 17.8 Å². The number of nitrogens with one attached hydrogen (secondary N) is 1. The monoisotopic (exact) mass is 258 g/mol. The van der Waals surface area contributed by atoms with Gasteiger partial charge in [-0.15, -0.1) is 0 Å². The zero-order valence-electron chi connectivity index (χ0n) is 11.6. The first-order valence-electron chi connectivity index (χ1n) is 6.45. The van der Waals surface area contributed by atoms with Crippen LogP contribution in [-0.4, -0.2) is 12.0 Å². The van der Waals surface area contributed by atoms with Crippen LogP contribution in [0.3, 0.4) is 0 Å². The van der Waals surface area contributed by atoms with Crippen molar-refractivity contribution in [1.29, 1.82) is 0 Å². The van der Waals surface area contributed by atoms with E-state index in [0.717, 1.165) is 6.42 Å². The second kappa shape index (κ2) is 5.93. The van der Waals surface area contributed by atoms with Gasteiger partial charge in [0.1, 0.15) is 5.82 Å². The molecule has 0 aliphatic heterocycles. The van der Waals surface area contributed by atoms with Crippen LogP contribution in [-0.2, 0) is 6.42 Å². The van der Waals surface area contributed by atoms with Crippen molar-refractivity contribution in [3.8, 4) is 0 Å².